The smallest absolute Gasteiger partial charge is 0.353 e. The van der Waals surface area contributed by atoms with Crippen molar-refractivity contribution in [2.45, 2.75) is 24.8 Å². The molecular formula is C14H13BrN4O5S2. The number of Topliss-reactive ketones (excluding diaryl/α,β-unsaturated/α-hetero) is 1. The minimum atomic E-state index is -1.23. The topological polar surface area (TPSA) is 130 Å². The van der Waals surface area contributed by atoms with Gasteiger partial charge in [-0.3, -0.25) is 19.3 Å². The average molecular weight is 461 g/mol. The van der Waals surface area contributed by atoms with Gasteiger partial charge < -0.3 is 10.4 Å². The van der Waals surface area contributed by atoms with Crippen molar-refractivity contribution >= 4 is 68.2 Å². The fraction of sp³-hybridized carbons (Fsp3) is 0.429. The highest BCUT2D eigenvalue weighted by atomic mass is 79.9. The number of alkyl halides is 1. The monoisotopic (exact) mass is 460 g/mol. The number of carboxylic acid groups (broad SMARTS) is 1. The highest BCUT2D eigenvalue weighted by Gasteiger charge is 2.54. The number of carboxylic acids is 1. The molecule has 2 aliphatic rings. The summed E-state index contributed by atoms with van der Waals surface area (Å²) in [6.07, 6.45) is -0.330. The van der Waals surface area contributed by atoms with E-state index in [-0.39, 0.29) is 23.2 Å². The first-order valence-corrected chi connectivity index (χ1v) is 10.4. The third-order valence-corrected chi connectivity index (χ3v) is 6.58. The normalized spacial score (nSPS) is 21.9. The summed E-state index contributed by atoms with van der Waals surface area (Å²) in [5.41, 5.74) is 0.314. The van der Waals surface area contributed by atoms with Crippen LogP contribution in [0.3, 0.4) is 0 Å². The van der Waals surface area contributed by atoms with Gasteiger partial charge in [0.25, 0.3) is 5.91 Å². The summed E-state index contributed by atoms with van der Waals surface area (Å²) in [6, 6.07) is -0.845. The third kappa shape index (κ3) is 3.40. The van der Waals surface area contributed by atoms with E-state index in [1.807, 2.05) is 0 Å². The predicted octanol–water partition coefficient (Wildman–Crippen LogP) is 0.396. The van der Waals surface area contributed by atoms with Gasteiger partial charge in [0.05, 0.1) is 11.8 Å². The summed E-state index contributed by atoms with van der Waals surface area (Å²) in [6.45, 7) is 1.76. The van der Waals surface area contributed by atoms with E-state index in [4.69, 9.17) is 0 Å². The number of hydrogen-bond donors (Lipinski definition) is 2. The van der Waals surface area contributed by atoms with Crippen molar-refractivity contribution < 1.29 is 24.3 Å². The van der Waals surface area contributed by atoms with Crippen LogP contribution in [-0.2, 0) is 19.2 Å². The van der Waals surface area contributed by atoms with Gasteiger partial charge in [-0.15, -0.1) is 22.0 Å². The molecule has 2 amide bonds. The molecule has 0 aliphatic carbocycles. The molecule has 1 fully saturated rings. The zero-order valence-electron chi connectivity index (χ0n) is 13.4. The van der Waals surface area contributed by atoms with E-state index in [0.29, 0.717) is 21.3 Å². The van der Waals surface area contributed by atoms with Crippen LogP contribution in [0.2, 0.25) is 0 Å². The van der Waals surface area contributed by atoms with Crippen LogP contribution in [0.4, 0.5) is 0 Å². The van der Waals surface area contributed by atoms with Crippen molar-refractivity contribution in [2.75, 3.05) is 11.1 Å². The molecule has 0 aromatic carbocycles. The van der Waals surface area contributed by atoms with Gasteiger partial charge in [0.2, 0.25) is 5.91 Å². The maximum Gasteiger partial charge on any atom is 0.353 e. The number of rotatable bonds is 6. The van der Waals surface area contributed by atoms with Gasteiger partial charge in [-0.2, -0.15) is 0 Å². The molecule has 0 spiro atoms. The fourth-order valence-electron chi connectivity index (χ4n) is 2.65. The fourth-order valence-corrected chi connectivity index (χ4v) is 5.02. The molecule has 1 saturated heterocycles. The Morgan fingerprint density at radius 1 is 1.38 bits per heavy atom. The molecule has 138 valence electrons. The van der Waals surface area contributed by atoms with Gasteiger partial charge in [0, 0.05) is 11.3 Å². The lowest BCUT2D eigenvalue weighted by Crippen LogP contribution is -2.70. The minimum absolute atomic E-state index is 0.0554. The number of ketones is 1. The first kappa shape index (κ1) is 19.0. The van der Waals surface area contributed by atoms with Crippen LogP contribution in [0.15, 0.2) is 5.70 Å². The van der Waals surface area contributed by atoms with Crippen LogP contribution < -0.4 is 5.32 Å². The maximum atomic E-state index is 12.5. The molecule has 3 heterocycles. The van der Waals surface area contributed by atoms with E-state index >= 15 is 0 Å². The Morgan fingerprint density at radius 3 is 2.69 bits per heavy atom. The molecular weight excluding hydrogens is 448 g/mol. The second kappa shape index (κ2) is 7.45. The van der Waals surface area contributed by atoms with Crippen molar-refractivity contribution in [1.29, 1.82) is 0 Å². The zero-order chi connectivity index (χ0) is 19.0. The number of nitrogens with one attached hydrogen (secondary N) is 1. The van der Waals surface area contributed by atoms with Crippen molar-refractivity contribution in [1.82, 2.24) is 20.4 Å². The number of amides is 2. The van der Waals surface area contributed by atoms with Gasteiger partial charge in [-0.05, 0) is 6.92 Å². The SMILES string of the molecule is Cc1nnc(C2=C(C(=O)O)N3C(=O)C(NC(=O)CC(=O)CBr)[C@@H]3SC2)s1. The van der Waals surface area contributed by atoms with E-state index in [2.05, 4.69) is 31.4 Å². The number of nitrogens with zero attached hydrogens (tertiary/aromatic N) is 3. The Kier molecular flexibility index (Phi) is 5.44. The quantitative estimate of drug-likeness (QED) is 0.354. The lowest BCUT2D eigenvalue weighted by molar-refractivity contribution is -0.150. The second-order valence-corrected chi connectivity index (χ2v) is 8.41. The summed E-state index contributed by atoms with van der Waals surface area (Å²) >= 11 is 5.57. The molecule has 0 radical (unpaired) electrons. The summed E-state index contributed by atoms with van der Waals surface area (Å²) in [4.78, 5) is 48.5. The van der Waals surface area contributed by atoms with Crippen LogP contribution in [0, 0.1) is 6.92 Å². The van der Waals surface area contributed by atoms with Gasteiger partial charge in [0.15, 0.2) is 5.78 Å². The molecule has 2 N–H and O–H groups in total. The largest absolute Gasteiger partial charge is 0.477 e. The third-order valence-electron chi connectivity index (χ3n) is 3.78. The van der Waals surface area contributed by atoms with Gasteiger partial charge in [-0.1, -0.05) is 27.3 Å². The van der Waals surface area contributed by atoms with Crippen molar-refractivity contribution in [2.24, 2.45) is 0 Å². The Hall–Kier alpha value is -1.79. The van der Waals surface area contributed by atoms with Gasteiger partial charge in [0.1, 0.15) is 27.1 Å². The highest BCUT2D eigenvalue weighted by Crippen LogP contribution is 2.43. The predicted molar refractivity (Wildman–Crippen MR) is 97.6 cm³/mol. The molecule has 3 rings (SSSR count). The Bertz CT molecular complexity index is 839. The number of carbonyl (C=O) groups is 4. The number of β-lactam (4-membered cyclic amide) rings is 1. The van der Waals surface area contributed by atoms with E-state index in [9.17, 15) is 24.3 Å². The molecule has 1 aromatic rings. The van der Waals surface area contributed by atoms with E-state index in [1.54, 1.807) is 6.92 Å². The highest BCUT2D eigenvalue weighted by molar-refractivity contribution is 9.09. The van der Waals surface area contributed by atoms with Crippen molar-refractivity contribution in [3.05, 3.63) is 15.7 Å². The average Bonchev–Trinajstić information content (AvgIpc) is 3.04. The van der Waals surface area contributed by atoms with Crippen LogP contribution in [0.25, 0.3) is 5.57 Å². The second-order valence-electron chi connectivity index (χ2n) is 5.56. The van der Waals surface area contributed by atoms with Crippen LogP contribution >= 0.6 is 39.0 Å². The van der Waals surface area contributed by atoms with Crippen LogP contribution in [0.1, 0.15) is 16.4 Å². The molecule has 1 aromatic heterocycles. The van der Waals surface area contributed by atoms with Crippen LogP contribution in [0.5, 0.6) is 0 Å². The maximum absolute atomic E-state index is 12.5. The Balaban J connectivity index is 1.81. The molecule has 0 bridgehead atoms. The zero-order valence-corrected chi connectivity index (χ0v) is 16.6. The number of aryl methyl sites for hydroxylation is 1. The number of thioether (sulfide) groups is 1. The number of hydrogen-bond acceptors (Lipinski definition) is 8. The molecule has 0 saturated carbocycles. The molecule has 12 heteroatoms. The molecule has 26 heavy (non-hydrogen) atoms. The number of aliphatic carboxylic acids is 1. The van der Waals surface area contributed by atoms with Crippen LogP contribution in [-0.4, -0.2) is 66.3 Å². The summed E-state index contributed by atoms with van der Waals surface area (Å²) < 4.78 is 0. The van der Waals surface area contributed by atoms with Crippen molar-refractivity contribution in [3.8, 4) is 0 Å². The first-order valence-electron chi connectivity index (χ1n) is 7.42. The van der Waals surface area contributed by atoms with Gasteiger partial charge in [-0.25, -0.2) is 4.79 Å². The number of halogens is 1. The van der Waals surface area contributed by atoms with Gasteiger partial charge >= 0.3 is 5.97 Å². The molecule has 2 atom stereocenters. The first-order chi connectivity index (χ1) is 12.3. The van der Waals surface area contributed by atoms with E-state index in [0.717, 1.165) is 0 Å². The number of carbonyl (C=O) groups excluding carboxylic acids is 3. The Labute approximate surface area is 164 Å². The summed E-state index contributed by atoms with van der Waals surface area (Å²) in [5.74, 6) is -2.28. The number of aromatic nitrogens is 2. The minimum Gasteiger partial charge on any atom is -0.477 e. The number of fused-ring (bicyclic) bond motifs is 1. The van der Waals surface area contributed by atoms with E-state index in [1.165, 1.54) is 28.0 Å². The summed E-state index contributed by atoms with van der Waals surface area (Å²) in [7, 11) is 0. The van der Waals surface area contributed by atoms with E-state index < -0.39 is 29.2 Å². The lowest BCUT2D eigenvalue weighted by atomic mass is 10.0. The molecule has 9 nitrogen and oxygen atoms in total. The lowest BCUT2D eigenvalue weighted by Gasteiger charge is -2.49. The Morgan fingerprint density at radius 2 is 2.12 bits per heavy atom. The molecule has 2 aliphatic heterocycles. The summed E-state index contributed by atoms with van der Waals surface area (Å²) in [5, 5.41) is 20.7. The van der Waals surface area contributed by atoms with Crippen molar-refractivity contribution in [3.63, 3.8) is 0 Å². The standard InChI is InChI=1S/C14H13BrN4O5S2/c1-5-17-18-11(26-5)7-4-25-13-9(16-8(21)2-6(20)3-15)12(22)19(13)10(7)14(23)24/h9,13H,2-4H2,1H3,(H,16,21)(H,23,24)/t9?,13-/m0/s1. The molecule has 1 unspecified atom stereocenters.